The first-order chi connectivity index (χ1) is 14.3. The van der Waals surface area contributed by atoms with Crippen molar-refractivity contribution in [3.8, 4) is 0 Å². The van der Waals surface area contributed by atoms with Crippen LogP contribution < -0.4 is 9.91 Å². The molecule has 0 amide bonds. The zero-order valence-corrected chi connectivity index (χ0v) is 16.4. The van der Waals surface area contributed by atoms with Gasteiger partial charge in [0.05, 0.1) is 11.9 Å². The monoisotopic (exact) mass is 377 g/mol. The average Bonchev–Trinajstić information content (AvgIpc) is 2.80. The minimum atomic E-state index is 1.05. The molecule has 0 heterocycles. The third-order valence-electron chi connectivity index (χ3n) is 4.69. The minimum absolute atomic E-state index is 1.05. The highest BCUT2D eigenvalue weighted by Gasteiger charge is 2.11. The highest BCUT2D eigenvalue weighted by atomic mass is 15.4. The summed E-state index contributed by atoms with van der Waals surface area (Å²) in [5.74, 6) is 0. The van der Waals surface area contributed by atoms with E-state index in [2.05, 4.69) is 82.8 Å². The van der Waals surface area contributed by atoms with Crippen molar-refractivity contribution in [1.82, 2.24) is 0 Å². The number of benzene rings is 4. The molecule has 0 spiro atoms. The summed E-state index contributed by atoms with van der Waals surface area (Å²) in [6, 6.07) is 39.4. The van der Waals surface area contributed by atoms with Crippen LogP contribution in [0.4, 0.5) is 22.7 Å². The molecule has 0 saturated carbocycles. The second-order valence-electron chi connectivity index (χ2n) is 6.70. The largest absolute Gasteiger partial charge is 0.311 e. The van der Waals surface area contributed by atoms with Gasteiger partial charge in [0.25, 0.3) is 0 Å². The van der Waals surface area contributed by atoms with Gasteiger partial charge in [0.15, 0.2) is 0 Å². The summed E-state index contributed by atoms with van der Waals surface area (Å²) in [5, 5.41) is 6.42. The average molecular weight is 377 g/mol. The molecule has 0 saturated heterocycles. The first kappa shape index (κ1) is 18.5. The van der Waals surface area contributed by atoms with Crippen LogP contribution in [0.15, 0.2) is 120 Å². The van der Waals surface area contributed by atoms with Gasteiger partial charge in [-0.2, -0.15) is 5.10 Å². The molecule has 0 aliphatic carbocycles. The first-order valence-corrected chi connectivity index (χ1v) is 9.64. The molecule has 0 bridgehead atoms. The van der Waals surface area contributed by atoms with E-state index in [1.165, 1.54) is 0 Å². The number of para-hydroxylation sites is 3. The SMILES string of the molecule is CN(/N=C/c1ccc(N(c2ccccc2)c2ccccc2)cc1)c1ccccc1. The molecule has 4 aromatic rings. The van der Waals surface area contributed by atoms with Crippen molar-refractivity contribution in [3.05, 3.63) is 121 Å². The lowest BCUT2D eigenvalue weighted by Gasteiger charge is -2.25. The Balaban J connectivity index is 1.59. The van der Waals surface area contributed by atoms with Gasteiger partial charge in [0.1, 0.15) is 0 Å². The third kappa shape index (κ3) is 4.53. The van der Waals surface area contributed by atoms with Crippen molar-refractivity contribution in [2.75, 3.05) is 17.0 Å². The van der Waals surface area contributed by atoms with Crippen molar-refractivity contribution in [3.63, 3.8) is 0 Å². The molecule has 0 fully saturated rings. The zero-order chi connectivity index (χ0) is 19.9. The van der Waals surface area contributed by atoms with E-state index in [0.29, 0.717) is 0 Å². The fraction of sp³-hybridized carbons (Fsp3) is 0.0385. The van der Waals surface area contributed by atoms with Crippen molar-refractivity contribution < 1.29 is 0 Å². The summed E-state index contributed by atoms with van der Waals surface area (Å²) in [5.41, 5.74) is 5.47. The van der Waals surface area contributed by atoms with E-state index >= 15 is 0 Å². The molecule has 4 rings (SSSR count). The lowest BCUT2D eigenvalue weighted by atomic mass is 10.1. The molecule has 0 aliphatic rings. The van der Waals surface area contributed by atoms with Crippen molar-refractivity contribution in [1.29, 1.82) is 0 Å². The highest BCUT2D eigenvalue weighted by Crippen LogP contribution is 2.33. The normalized spacial score (nSPS) is 10.8. The van der Waals surface area contributed by atoms with E-state index < -0.39 is 0 Å². The fourth-order valence-corrected chi connectivity index (χ4v) is 3.17. The standard InChI is InChI=1S/C26H23N3/c1-28(23-11-5-2-6-12-23)27-21-22-17-19-26(20-18-22)29(24-13-7-3-8-14-24)25-15-9-4-10-16-25/h2-21H,1H3/b27-21+. The summed E-state index contributed by atoms with van der Waals surface area (Å²) in [7, 11) is 1.95. The molecular formula is C26H23N3. The second-order valence-corrected chi connectivity index (χ2v) is 6.70. The molecule has 0 N–H and O–H groups in total. The molecule has 3 heteroatoms. The van der Waals surface area contributed by atoms with Gasteiger partial charge in [-0.3, -0.25) is 5.01 Å². The molecule has 29 heavy (non-hydrogen) atoms. The molecule has 142 valence electrons. The number of rotatable bonds is 6. The third-order valence-corrected chi connectivity index (χ3v) is 4.69. The van der Waals surface area contributed by atoms with Crippen molar-refractivity contribution in [2.45, 2.75) is 0 Å². The molecule has 0 aliphatic heterocycles. The van der Waals surface area contributed by atoms with Gasteiger partial charge in [-0.05, 0) is 54.1 Å². The Bertz CT molecular complexity index is 1000. The summed E-state index contributed by atoms with van der Waals surface area (Å²) < 4.78 is 0. The Hall–Kier alpha value is -3.85. The summed E-state index contributed by atoms with van der Waals surface area (Å²) >= 11 is 0. The van der Waals surface area contributed by atoms with Crippen molar-refractivity contribution >= 4 is 29.0 Å². The maximum absolute atomic E-state index is 4.55. The van der Waals surface area contributed by atoms with E-state index in [9.17, 15) is 0 Å². The smallest absolute Gasteiger partial charge is 0.0590 e. The van der Waals surface area contributed by atoms with Gasteiger partial charge in [0.2, 0.25) is 0 Å². The first-order valence-electron chi connectivity index (χ1n) is 9.64. The minimum Gasteiger partial charge on any atom is -0.311 e. The predicted molar refractivity (Wildman–Crippen MR) is 124 cm³/mol. The number of anilines is 4. The Morgan fingerprint density at radius 1 is 0.517 bits per heavy atom. The van der Waals surface area contributed by atoms with Gasteiger partial charge in [-0.15, -0.1) is 0 Å². The molecule has 0 atom stereocenters. The highest BCUT2D eigenvalue weighted by molar-refractivity contribution is 5.83. The summed E-state index contributed by atoms with van der Waals surface area (Å²) in [6.45, 7) is 0. The molecule has 0 aromatic heterocycles. The molecule has 0 unspecified atom stereocenters. The van der Waals surface area contributed by atoms with Crippen LogP contribution in [0.5, 0.6) is 0 Å². The van der Waals surface area contributed by atoms with Crippen LogP contribution in [0.3, 0.4) is 0 Å². The van der Waals surface area contributed by atoms with Gasteiger partial charge >= 0.3 is 0 Å². The maximum Gasteiger partial charge on any atom is 0.0590 e. The number of hydrogen-bond donors (Lipinski definition) is 0. The van der Waals surface area contributed by atoms with E-state index in [-0.39, 0.29) is 0 Å². The number of hydrogen-bond acceptors (Lipinski definition) is 3. The predicted octanol–water partition coefficient (Wildman–Crippen LogP) is 6.63. The van der Waals surface area contributed by atoms with Crippen LogP contribution in [0.2, 0.25) is 0 Å². The summed E-state index contributed by atoms with van der Waals surface area (Å²) in [6.07, 6.45) is 1.88. The van der Waals surface area contributed by atoms with Crippen molar-refractivity contribution in [2.24, 2.45) is 5.10 Å². The van der Waals surface area contributed by atoms with Crippen LogP contribution in [0.1, 0.15) is 5.56 Å². The van der Waals surface area contributed by atoms with Crippen LogP contribution in [-0.2, 0) is 0 Å². The molecule has 4 aromatic carbocycles. The van der Waals surface area contributed by atoms with Gasteiger partial charge in [0, 0.05) is 24.1 Å². The van der Waals surface area contributed by atoms with E-state index in [0.717, 1.165) is 28.3 Å². The maximum atomic E-state index is 4.55. The topological polar surface area (TPSA) is 18.8 Å². The Kier molecular flexibility index (Phi) is 5.68. The van der Waals surface area contributed by atoms with Gasteiger partial charge in [-0.25, -0.2) is 0 Å². The molecular weight excluding hydrogens is 354 g/mol. The van der Waals surface area contributed by atoms with Crippen LogP contribution in [0, 0.1) is 0 Å². The number of hydrazone groups is 1. The number of nitrogens with zero attached hydrogens (tertiary/aromatic N) is 3. The van der Waals surface area contributed by atoms with E-state index in [1.807, 2.05) is 60.7 Å². The fourth-order valence-electron chi connectivity index (χ4n) is 3.17. The lowest BCUT2D eigenvalue weighted by Crippen LogP contribution is -2.10. The quantitative estimate of drug-likeness (QED) is 0.277. The van der Waals surface area contributed by atoms with Crippen LogP contribution in [-0.4, -0.2) is 13.3 Å². The van der Waals surface area contributed by atoms with Crippen LogP contribution >= 0.6 is 0 Å². The second kappa shape index (κ2) is 8.89. The van der Waals surface area contributed by atoms with Gasteiger partial charge < -0.3 is 4.90 Å². The van der Waals surface area contributed by atoms with E-state index in [4.69, 9.17) is 0 Å². The Morgan fingerprint density at radius 2 is 0.931 bits per heavy atom. The summed E-state index contributed by atoms with van der Waals surface area (Å²) in [4.78, 5) is 2.25. The molecule has 3 nitrogen and oxygen atoms in total. The van der Waals surface area contributed by atoms with E-state index in [1.54, 1.807) is 0 Å². The van der Waals surface area contributed by atoms with Crippen LogP contribution in [0.25, 0.3) is 0 Å². The lowest BCUT2D eigenvalue weighted by molar-refractivity contribution is 1.02. The Labute approximate surface area is 172 Å². The Morgan fingerprint density at radius 3 is 1.41 bits per heavy atom. The molecule has 0 radical (unpaired) electrons. The van der Waals surface area contributed by atoms with Gasteiger partial charge in [-0.1, -0.05) is 66.7 Å². The zero-order valence-electron chi connectivity index (χ0n) is 16.4.